The zero-order chi connectivity index (χ0) is 9.68. The fourth-order valence-electron chi connectivity index (χ4n) is 1.19. The largest absolute Gasteiger partial charge is 0.328 e. The molecule has 68 valence electrons. The molecule has 2 nitrogen and oxygen atoms in total. The lowest BCUT2D eigenvalue weighted by Gasteiger charge is -2.04. The Bertz CT molecular complexity index is 310. The van der Waals surface area contributed by atoms with Gasteiger partial charge >= 0.3 is 0 Å². The average molecular weight is 174 g/mol. The van der Waals surface area contributed by atoms with Gasteiger partial charge in [-0.05, 0) is 37.5 Å². The summed E-state index contributed by atoms with van der Waals surface area (Å²) >= 11 is 0. The number of hydrogen-bond donors (Lipinski definition) is 1. The fraction of sp³-hybridized carbons (Fsp3) is 0.364. The monoisotopic (exact) mass is 174 g/mol. The third kappa shape index (κ3) is 3.27. The highest BCUT2D eigenvalue weighted by Gasteiger charge is 1.97. The lowest BCUT2D eigenvalue weighted by atomic mass is 10.0. The highest BCUT2D eigenvalue weighted by molar-refractivity contribution is 5.32. The van der Waals surface area contributed by atoms with Crippen molar-refractivity contribution in [1.29, 1.82) is 5.26 Å². The van der Waals surface area contributed by atoms with Crippen LogP contribution in [0.1, 0.15) is 24.5 Å². The molecule has 2 N–H and O–H groups in total. The summed E-state index contributed by atoms with van der Waals surface area (Å²) < 4.78 is 0. The van der Waals surface area contributed by atoms with E-state index in [9.17, 15) is 0 Å². The zero-order valence-corrected chi connectivity index (χ0v) is 7.83. The summed E-state index contributed by atoms with van der Waals surface area (Å²) in [4.78, 5) is 0. The van der Waals surface area contributed by atoms with Gasteiger partial charge in [0, 0.05) is 6.04 Å². The van der Waals surface area contributed by atoms with E-state index < -0.39 is 0 Å². The van der Waals surface area contributed by atoms with E-state index in [4.69, 9.17) is 11.0 Å². The van der Waals surface area contributed by atoms with Gasteiger partial charge < -0.3 is 5.73 Å². The van der Waals surface area contributed by atoms with Crippen LogP contribution in [0, 0.1) is 11.3 Å². The molecule has 0 bridgehead atoms. The molecule has 0 aliphatic carbocycles. The number of hydrogen-bond acceptors (Lipinski definition) is 2. The molecule has 1 aromatic rings. The number of nitrogens with two attached hydrogens (primary N) is 1. The van der Waals surface area contributed by atoms with Crippen LogP contribution >= 0.6 is 0 Å². The summed E-state index contributed by atoms with van der Waals surface area (Å²) in [5, 5.41) is 8.66. The normalized spacial score (nSPS) is 12.1. The van der Waals surface area contributed by atoms with Crippen LogP contribution in [-0.4, -0.2) is 6.04 Å². The van der Waals surface area contributed by atoms with Gasteiger partial charge in [0.05, 0.1) is 11.6 Å². The molecular weight excluding hydrogens is 160 g/mol. The van der Waals surface area contributed by atoms with E-state index in [1.54, 1.807) is 0 Å². The lowest BCUT2D eigenvalue weighted by Crippen LogP contribution is -2.15. The van der Waals surface area contributed by atoms with E-state index >= 15 is 0 Å². The summed E-state index contributed by atoms with van der Waals surface area (Å²) in [6, 6.07) is 10.0. The van der Waals surface area contributed by atoms with Crippen molar-refractivity contribution in [3.8, 4) is 6.07 Å². The molecule has 0 saturated carbocycles. The van der Waals surface area contributed by atoms with E-state index in [1.807, 2.05) is 31.2 Å². The highest BCUT2D eigenvalue weighted by Crippen LogP contribution is 2.07. The molecule has 0 radical (unpaired) electrons. The van der Waals surface area contributed by atoms with Crippen molar-refractivity contribution in [2.75, 3.05) is 0 Å². The van der Waals surface area contributed by atoms with Crippen molar-refractivity contribution in [2.45, 2.75) is 25.8 Å². The molecule has 1 rings (SSSR count). The minimum absolute atomic E-state index is 0.228. The van der Waals surface area contributed by atoms with Gasteiger partial charge in [-0.15, -0.1) is 0 Å². The van der Waals surface area contributed by atoms with Crippen molar-refractivity contribution in [3.05, 3.63) is 35.4 Å². The summed E-state index contributed by atoms with van der Waals surface area (Å²) in [5.74, 6) is 0. The second kappa shape index (κ2) is 4.64. The Morgan fingerprint density at radius 3 is 2.92 bits per heavy atom. The fourth-order valence-corrected chi connectivity index (χ4v) is 1.19. The maximum absolute atomic E-state index is 8.66. The molecule has 0 aliphatic rings. The first-order valence-corrected chi connectivity index (χ1v) is 4.47. The van der Waals surface area contributed by atoms with Crippen LogP contribution in [0.25, 0.3) is 0 Å². The van der Waals surface area contributed by atoms with E-state index in [1.165, 1.54) is 5.56 Å². The predicted octanol–water partition coefficient (Wildman–Crippen LogP) is 1.84. The Kier molecular flexibility index (Phi) is 3.48. The minimum atomic E-state index is 0.228. The smallest absolute Gasteiger partial charge is 0.0991 e. The Hall–Kier alpha value is -1.33. The quantitative estimate of drug-likeness (QED) is 0.760. The Morgan fingerprint density at radius 1 is 1.54 bits per heavy atom. The number of aryl methyl sites for hydroxylation is 1. The van der Waals surface area contributed by atoms with Crippen LogP contribution in [0.3, 0.4) is 0 Å². The third-order valence-corrected chi connectivity index (χ3v) is 1.94. The first kappa shape index (κ1) is 9.76. The molecular formula is C11H14N2. The molecule has 0 fully saturated rings. The molecule has 1 aromatic carbocycles. The van der Waals surface area contributed by atoms with Gasteiger partial charge in [-0.3, -0.25) is 0 Å². The van der Waals surface area contributed by atoms with Crippen molar-refractivity contribution >= 4 is 0 Å². The Labute approximate surface area is 79.0 Å². The standard InChI is InChI=1S/C11H14N2/c1-9(13)5-6-10-3-2-4-11(7-10)8-12/h2-4,7,9H,5-6,13H2,1H3/t9-/m1/s1. The van der Waals surface area contributed by atoms with Crippen LogP contribution in [0.2, 0.25) is 0 Å². The van der Waals surface area contributed by atoms with Gasteiger partial charge in [0.2, 0.25) is 0 Å². The van der Waals surface area contributed by atoms with Crippen LogP contribution in [0.5, 0.6) is 0 Å². The van der Waals surface area contributed by atoms with Gasteiger partial charge in [-0.25, -0.2) is 0 Å². The third-order valence-electron chi connectivity index (χ3n) is 1.94. The first-order valence-electron chi connectivity index (χ1n) is 4.47. The minimum Gasteiger partial charge on any atom is -0.328 e. The Balaban J connectivity index is 2.63. The van der Waals surface area contributed by atoms with E-state index in [0.29, 0.717) is 0 Å². The Morgan fingerprint density at radius 2 is 2.31 bits per heavy atom. The first-order chi connectivity index (χ1) is 6.22. The van der Waals surface area contributed by atoms with Gasteiger partial charge in [0.1, 0.15) is 0 Å². The van der Waals surface area contributed by atoms with Crippen LogP contribution in [0.15, 0.2) is 24.3 Å². The second-order valence-electron chi connectivity index (χ2n) is 3.33. The van der Waals surface area contributed by atoms with Crippen LogP contribution in [-0.2, 0) is 6.42 Å². The topological polar surface area (TPSA) is 49.8 Å². The summed E-state index contributed by atoms with van der Waals surface area (Å²) in [7, 11) is 0. The molecule has 0 heterocycles. The van der Waals surface area contributed by atoms with Crippen molar-refractivity contribution < 1.29 is 0 Å². The highest BCUT2D eigenvalue weighted by atomic mass is 14.6. The summed E-state index contributed by atoms with van der Waals surface area (Å²) in [5.41, 5.74) is 7.56. The van der Waals surface area contributed by atoms with Gasteiger partial charge in [0.25, 0.3) is 0 Å². The molecule has 0 spiro atoms. The number of nitrogens with zero attached hydrogens (tertiary/aromatic N) is 1. The number of rotatable bonds is 3. The van der Waals surface area contributed by atoms with E-state index in [-0.39, 0.29) is 6.04 Å². The molecule has 13 heavy (non-hydrogen) atoms. The SMILES string of the molecule is C[C@@H](N)CCc1cccc(C#N)c1. The van der Waals surface area contributed by atoms with Gasteiger partial charge in [0.15, 0.2) is 0 Å². The molecule has 0 saturated heterocycles. The van der Waals surface area contributed by atoms with Crippen molar-refractivity contribution in [2.24, 2.45) is 5.73 Å². The van der Waals surface area contributed by atoms with Crippen LogP contribution < -0.4 is 5.73 Å². The predicted molar refractivity (Wildman–Crippen MR) is 53.1 cm³/mol. The molecule has 0 amide bonds. The van der Waals surface area contributed by atoms with Gasteiger partial charge in [-0.2, -0.15) is 5.26 Å². The second-order valence-corrected chi connectivity index (χ2v) is 3.33. The maximum atomic E-state index is 8.66. The number of benzene rings is 1. The molecule has 2 heteroatoms. The van der Waals surface area contributed by atoms with Crippen molar-refractivity contribution in [3.63, 3.8) is 0 Å². The number of nitriles is 1. The lowest BCUT2D eigenvalue weighted by molar-refractivity contribution is 0.666. The van der Waals surface area contributed by atoms with E-state index in [2.05, 4.69) is 6.07 Å². The molecule has 0 aromatic heterocycles. The molecule has 1 atom stereocenters. The zero-order valence-electron chi connectivity index (χ0n) is 7.83. The summed E-state index contributed by atoms with van der Waals surface area (Å²) in [6.07, 6.45) is 1.92. The van der Waals surface area contributed by atoms with Crippen molar-refractivity contribution in [1.82, 2.24) is 0 Å². The van der Waals surface area contributed by atoms with Crippen LogP contribution in [0.4, 0.5) is 0 Å². The maximum Gasteiger partial charge on any atom is 0.0991 e. The average Bonchev–Trinajstić information content (AvgIpc) is 2.15. The summed E-state index contributed by atoms with van der Waals surface area (Å²) in [6.45, 7) is 1.99. The molecule has 0 unspecified atom stereocenters. The van der Waals surface area contributed by atoms with E-state index in [0.717, 1.165) is 18.4 Å². The van der Waals surface area contributed by atoms with Gasteiger partial charge in [-0.1, -0.05) is 12.1 Å². The molecule has 0 aliphatic heterocycles.